The normalized spacial score (nSPS) is 11.3. The molecule has 0 aliphatic rings. The predicted octanol–water partition coefficient (Wildman–Crippen LogP) is 6.67. The van der Waals surface area contributed by atoms with Gasteiger partial charge in [0.05, 0.1) is 30.9 Å². The Hall–Kier alpha value is -5.11. The minimum atomic E-state index is -4.48. The summed E-state index contributed by atoms with van der Waals surface area (Å²) in [6.07, 6.45) is -4.48. The highest BCUT2D eigenvalue weighted by Gasteiger charge is 2.30. The zero-order chi connectivity index (χ0) is 27.6. The van der Waals surface area contributed by atoms with Gasteiger partial charge in [-0.3, -0.25) is 0 Å². The Kier molecular flexibility index (Phi) is 6.77. The fourth-order valence-corrected chi connectivity index (χ4v) is 3.88. The van der Waals surface area contributed by atoms with Crippen molar-refractivity contribution in [2.75, 3.05) is 7.11 Å². The lowest BCUT2D eigenvalue weighted by molar-refractivity contribution is -0.137. The van der Waals surface area contributed by atoms with Crippen LogP contribution in [0.1, 0.15) is 22.5 Å². The third-order valence-electron chi connectivity index (χ3n) is 5.77. The first-order valence-electron chi connectivity index (χ1n) is 11.6. The van der Waals surface area contributed by atoms with Crippen LogP contribution in [0.4, 0.5) is 13.2 Å². The summed E-state index contributed by atoms with van der Waals surface area (Å²) in [5.74, 6) is 1.44. The van der Waals surface area contributed by atoms with Crippen molar-refractivity contribution in [1.82, 2.24) is 19.5 Å². The molecule has 0 aliphatic heterocycles. The van der Waals surface area contributed by atoms with E-state index in [4.69, 9.17) is 14.2 Å². The number of imidazole rings is 1. The molecular formula is C28H20F3N5O3. The zero-order valence-corrected chi connectivity index (χ0v) is 20.7. The van der Waals surface area contributed by atoms with Crippen molar-refractivity contribution in [3.8, 4) is 35.2 Å². The summed E-state index contributed by atoms with van der Waals surface area (Å²) in [6, 6.07) is 20.4. The van der Waals surface area contributed by atoms with Gasteiger partial charge in [-0.25, -0.2) is 4.98 Å². The summed E-state index contributed by atoms with van der Waals surface area (Å²) in [4.78, 5) is 13.5. The SMILES string of the molecule is COc1cc(C#N)cc(Oc2nc(Oc3ccc(C(F)(F)F)cc3)nc3c2nc(C)n3Cc2ccccc2)c1. The molecule has 0 fully saturated rings. The molecule has 2 heterocycles. The number of ether oxygens (including phenoxy) is 3. The Balaban J connectivity index is 1.59. The molecule has 5 aromatic rings. The molecule has 8 nitrogen and oxygen atoms in total. The Morgan fingerprint density at radius 2 is 1.59 bits per heavy atom. The first-order valence-corrected chi connectivity index (χ1v) is 11.6. The maximum atomic E-state index is 13.0. The fourth-order valence-electron chi connectivity index (χ4n) is 3.88. The molecule has 2 aromatic heterocycles. The number of fused-ring (bicyclic) bond motifs is 1. The molecule has 39 heavy (non-hydrogen) atoms. The number of alkyl halides is 3. The minimum absolute atomic E-state index is 0.0361. The summed E-state index contributed by atoms with van der Waals surface area (Å²) in [6.45, 7) is 2.25. The summed E-state index contributed by atoms with van der Waals surface area (Å²) in [5, 5.41) is 9.38. The van der Waals surface area contributed by atoms with Gasteiger partial charge in [0.1, 0.15) is 23.1 Å². The van der Waals surface area contributed by atoms with Gasteiger partial charge in [0, 0.05) is 6.07 Å². The van der Waals surface area contributed by atoms with Gasteiger partial charge in [-0.05, 0) is 48.9 Å². The lowest BCUT2D eigenvalue weighted by atomic mass is 10.2. The van der Waals surface area contributed by atoms with Crippen molar-refractivity contribution < 1.29 is 27.4 Å². The van der Waals surface area contributed by atoms with Gasteiger partial charge in [0.15, 0.2) is 11.2 Å². The number of nitriles is 1. The Labute approximate surface area is 220 Å². The van der Waals surface area contributed by atoms with Crippen LogP contribution >= 0.6 is 0 Å². The Bertz CT molecular complexity index is 1680. The minimum Gasteiger partial charge on any atom is -0.497 e. The largest absolute Gasteiger partial charge is 0.497 e. The molecule has 0 atom stereocenters. The Morgan fingerprint density at radius 1 is 0.872 bits per heavy atom. The van der Waals surface area contributed by atoms with E-state index in [0.29, 0.717) is 34.8 Å². The van der Waals surface area contributed by atoms with E-state index in [0.717, 1.165) is 17.7 Å². The fraction of sp³-hybridized carbons (Fsp3) is 0.143. The number of methoxy groups -OCH3 is 1. The molecule has 0 amide bonds. The standard InChI is InChI=1S/C28H20F3N5O3/c1-17-33-24-25(36(17)16-18-6-4-3-5-7-18)34-27(39-21-10-8-20(9-11-21)28(29,30)31)35-26(24)38-23-13-19(15-32)12-22(14-23)37-2/h3-14H,16H2,1-2H3. The van der Waals surface area contributed by atoms with Crippen molar-refractivity contribution >= 4 is 11.2 Å². The number of hydrogen-bond acceptors (Lipinski definition) is 7. The second kappa shape index (κ2) is 10.3. The number of benzene rings is 3. The number of hydrogen-bond donors (Lipinski definition) is 0. The first-order chi connectivity index (χ1) is 18.7. The molecule has 3 aromatic carbocycles. The van der Waals surface area contributed by atoms with Crippen molar-refractivity contribution in [1.29, 1.82) is 5.26 Å². The molecule has 5 rings (SSSR count). The molecular weight excluding hydrogens is 511 g/mol. The monoisotopic (exact) mass is 531 g/mol. The van der Waals surface area contributed by atoms with Crippen LogP contribution in [-0.2, 0) is 12.7 Å². The number of aryl methyl sites for hydroxylation is 1. The summed E-state index contributed by atoms with van der Waals surface area (Å²) >= 11 is 0. The summed E-state index contributed by atoms with van der Waals surface area (Å²) in [5.41, 5.74) is 1.23. The van der Waals surface area contributed by atoms with Gasteiger partial charge in [-0.1, -0.05) is 30.3 Å². The van der Waals surface area contributed by atoms with Crippen LogP contribution in [-0.4, -0.2) is 26.6 Å². The van der Waals surface area contributed by atoms with Crippen LogP contribution in [0.3, 0.4) is 0 Å². The average Bonchev–Trinajstić information content (AvgIpc) is 3.23. The van der Waals surface area contributed by atoms with E-state index in [1.165, 1.54) is 25.3 Å². The maximum absolute atomic E-state index is 13.0. The molecule has 0 saturated carbocycles. The molecule has 0 saturated heterocycles. The van der Waals surface area contributed by atoms with Gasteiger partial charge >= 0.3 is 12.2 Å². The van der Waals surface area contributed by atoms with E-state index in [1.807, 2.05) is 47.9 Å². The molecule has 0 radical (unpaired) electrons. The lowest BCUT2D eigenvalue weighted by Crippen LogP contribution is -2.05. The molecule has 196 valence electrons. The predicted molar refractivity (Wildman–Crippen MR) is 135 cm³/mol. The van der Waals surface area contributed by atoms with E-state index < -0.39 is 11.7 Å². The number of halogens is 3. The van der Waals surface area contributed by atoms with Crippen LogP contribution in [0.2, 0.25) is 0 Å². The molecule has 0 N–H and O–H groups in total. The van der Waals surface area contributed by atoms with Gasteiger partial charge in [0.2, 0.25) is 0 Å². The van der Waals surface area contributed by atoms with Gasteiger partial charge in [0.25, 0.3) is 5.88 Å². The molecule has 0 spiro atoms. The van der Waals surface area contributed by atoms with Gasteiger partial charge in [-0.15, -0.1) is 0 Å². The zero-order valence-electron chi connectivity index (χ0n) is 20.7. The number of nitrogens with zero attached hydrogens (tertiary/aromatic N) is 5. The van der Waals surface area contributed by atoms with E-state index in [1.54, 1.807) is 12.1 Å². The first kappa shape index (κ1) is 25.5. The Morgan fingerprint density at radius 3 is 2.26 bits per heavy atom. The van der Waals surface area contributed by atoms with Crippen molar-refractivity contribution in [3.63, 3.8) is 0 Å². The second-order valence-electron chi connectivity index (χ2n) is 8.45. The van der Waals surface area contributed by atoms with Crippen LogP contribution in [0.25, 0.3) is 11.2 Å². The summed E-state index contributed by atoms with van der Waals surface area (Å²) in [7, 11) is 1.47. The van der Waals surface area contributed by atoms with Crippen molar-refractivity contribution in [3.05, 3.63) is 95.3 Å². The van der Waals surface area contributed by atoms with Crippen LogP contribution in [0, 0.1) is 18.3 Å². The summed E-state index contributed by atoms with van der Waals surface area (Å²) < 4.78 is 57.9. The van der Waals surface area contributed by atoms with Crippen molar-refractivity contribution in [2.45, 2.75) is 19.6 Å². The van der Waals surface area contributed by atoms with E-state index in [-0.39, 0.29) is 23.4 Å². The quantitative estimate of drug-likeness (QED) is 0.232. The van der Waals surface area contributed by atoms with Crippen molar-refractivity contribution in [2.24, 2.45) is 0 Å². The highest BCUT2D eigenvalue weighted by molar-refractivity contribution is 5.78. The van der Waals surface area contributed by atoms with Crippen LogP contribution in [0.5, 0.6) is 29.1 Å². The topological polar surface area (TPSA) is 95.1 Å². The maximum Gasteiger partial charge on any atom is 0.416 e. The third kappa shape index (κ3) is 5.60. The van der Waals surface area contributed by atoms with E-state index in [9.17, 15) is 18.4 Å². The van der Waals surface area contributed by atoms with E-state index >= 15 is 0 Å². The number of aromatic nitrogens is 4. The van der Waals surface area contributed by atoms with E-state index in [2.05, 4.69) is 15.0 Å². The number of rotatable bonds is 7. The van der Waals surface area contributed by atoms with Crippen LogP contribution in [0.15, 0.2) is 72.8 Å². The second-order valence-corrected chi connectivity index (χ2v) is 8.45. The average molecular weight is 531 g/mol. The molecule has 11 heteroatoms. The van der Waals surface area contributed by atoms with Gasteiger partial charge in [-0.2, -0.15) is 28.4 Å². The molecule has 0 bridgehead atoms. The van der Waals surface area contributed by atoms with Gasteiger partial charge < -0.3 is 18.8 Å². The third-order valence-corrected chi connectivity index (χ3v) is 5.77. The highest BCUT2D eigenvalue weighted by Crippen LogP contribution is 2.34. The molecule has 0 unspecified atom stereocenters. The lowest BCUT2D eigenvalue weighted by Gasteiger charge is -2.11. The highest BCUT2D eigenvalue weighted by atomic mass is 19.4. The van der Waals surface area contributed by atoms with Crippen LogP contribution < -0.4 is 14.2 Å². The smallest absolute Gasteiger partial charge is 0.416 e. The molecule has 0 aliphatic carbocycles.